The minimum atomic E-state index is -4.61. The molecule has 102 valence electrons. The lowest BCUT2D eigenvalue weighted by Crippen LogP contribution is -2.38. The summed E-state index contributed by atoms with van der Waals surface area (Å²) in [6.07, 6.45) is 1.44. The maximum atomic E-state index is 12.7. The Balaban J connectivity index is 0.000000557. The fourth-order valence-corrected chi connectivity index (χ4v) is 2.29. The van der Waals surface area contributed by atoms with Crippen LogP contribution in [0.2, 0.25) is 0 Å². The molecule has 1 atom stereocenters. The lowest BCUT2D eigenvalue weighted by atomic mass is 10.3. The molecule has 4 nitrogen and oxygen atoms in total. The molecule has 0 saturated heterocycles. The van der Waals surface area contributed by atoms with Gasteiger partial charge in [-0.1, -0.05) is 10.8 Å². The molecule has 1 unspecified atom stereocenters. The molecule has 9 heteroatoms. The van der Waals surface area contributed by atoms with Gasteiger partial charge in [-0.2, -0.15) is 21.6 Å². The number of alkyl halides is 3. The molecule has 0 radical (unpaired) electrons. The molecule has 0 spiro atoms. The highest BCUT2D eigenvalue weighted by Gasteiger charge is 2.34. The van der Waals surface area contributed by atoms with Gasteiger partial charge in [0.1, 0.15) is 6.17 Å². The van der Waals surface area contributed by atoms with Crippen molar-refractivity contribution in [2.75, 3.05) is 7.05 Å². The Bertz CT molecular complexity index is 369. The summed E-state index contributed by atoms with van der Waals surface area (Å²) in [5, 5.41) is 0. The van der Waals surface area contributed by atoms with Crippen LogP contribution in [0.15, 0.2) is 11.9 Å². The van der Waals surface area contributed by atoms with Gasteiger partial charge in [0.05, 0.1) is 0 Å². The van der Waals surface area contributed by atoms with Gasteiger partial charge in [-0.15, -0.1) is 0 Å². The fraction of sp³-hybridized carbons (Fsp3) is 0.750. The van der Waals surface area contributed by atoms with E-state index in [0.717, 1.165) is 10.0 Å². The van der Waals surface area contributed by atoms with E-state index in [1.54, 1.807) is 18.9 Å². The number of halogens is 4. The van der Waals surface area contributed by atoms with Gasteiger partial charge in [0.25, 0.3) is 0 Å². The van der Waals surface area contributed by atoms with Gasteiger partial charge < -0.3 is 4.90 Å². The molecule has 0 saturated carbocycles. The summed E-state index contributed by atoms with van der Waals surface area (Å²) in [6, 6.07) is 0. The first-order valence-corrected chi connectivity index (χ1v) is 6.01. The summed E-state index contributed by atoms with van der Waals surface area (Å²) in [7, 11) is -2.87. The zero-order valence-corrected chi connectivity index (χ0v) is 10.4. The predicted octanol–water partition coefficient (Wildman–Crippen LogP) is 2.22. The first kappa shape index (κ1) is 16.0. The molecule has 1 aliphatic heterocycles. The number of rotatable bonds is 2. The summed E-state index contributed by atoms with van der Waals surface area (Å²) < 4.78 is 63.8. The Hall–Kier alpha value is -0.990. The van der Waals surface area contributed by atoms with Crippen LogP contribution >= 0.6 is 0 Å². The summed E-state index contributed by atoms with van der Waals surface area (Å²) in [5.74, 6) is 0. The monoisotopic (exact) mass is 278 g/mol. The van der Waals surface area contributed by atoms with Crippen LogP contribution < -0.4 is 0 Å². The minimum absolute atomic E-state index is 0.421. The Morgan fingerprint density at radius 2 is 1.82 bits per heavy atom. The molecule has 1 rings (SSSR count). The second-order valence-corrected chi connectivity index (χ2v) is 4.54. The molecule has 1 heterocycles. The first-order chi connectivity index (χ1) is 7.61. The van der Waals surface area contributed by atoms with Crippen LogP contribution in [0, 0.1) is 0 Å². The molecule has 0 aromatic rings. The van der Waals surface area contributed by atoms with Crippen molar-refractivity contribution >= 4 is 10.4 Å². The maximum Gasteiger partial charge on any atom is 0.400 e. The average Bonchev–Trinajstić information content (AvgIpc) is 2.41. The fourth-order valence-electron chi connectivity index (χ4n) is 1.43. The normalized spacial score (nSPS) is 20.2. The number of allylic oxidation sites excluding steroid dienone is 1. The van der Waals surface area contributed by atoms with E-state index in [1.807, 2.05) is 6.92 Å². The van der Waals surface area contributed by atoms with E-state index in [4.69, 9.17) is 0 Å². The lowest BCUT2D eigenvalue weighted by molar-refractivity contribution is 0.00819. The SMILES string of the molecule is CCC1N(C)C(C)=CN1S(=O)(=O)F.FC(F)F. The van der Waals surface area contributed by atoms with E-state index in [2.05, 4.69) is 0 Å². The van der Waals surface area contributed by atoms with Crippen LogP contribution in [0.25, 0.3) is 0 Å². The van der Waals surface area contributed by atoms with E-state index >= 15 is 0 Å². The molecule has 0 aromatic carbocycles. The van der Waals surface area contributed by atoms with Crippen LogP contribution in [-0.2, 0) is 10.4 Å². The zero-order chi connectivity index (χ0) is 13.8. The first-order valence-electron chi connectivity index (χ1n) is 4.67. The van der Waals surface area contributed by atoms with Crippen molar-refractivity contribution in [1.82, 2.24) is 9.21 Å². The third-order valence-electron chi connectivity index (χ3n) is 2.23. The molecular weight excluding hydrogens is 264 g/mol. The Kier molecular flexibility index (Phi) is 5.73. The quantitative estimate of drug-likeness (QED) is 0.574. The van der Waals surface area contributed by atoms with E-state index < -0.39 is 23.3 Å². The molecule has 0 aromatic heterocycles. The third-order valence-corrected chi connectivity index (χ3v) is 3.08. The Morgan fingerprint density at radius 1 is 1.41 bits per heavy atom. The lowest BCUT2D eigenvalue weighted by Gasteiger charge is -2.26. The number of nitrogens with zero attached hydrogens (tertiary/aromatic N) is 2. The highest BCUT2D eigenvalue weighted by molar-refractivity contribution is 7.84. The topological polar surface area (TPSA) is 40.6 Å². The number of hydrogen-bond acceptors (Lipinski definition) is 3. The van der Waals surface area contributed by atoms with Gasteiger partial charge in [-0.3, -0.25) is 0 Å². The summed E-state index contributed by atoms with van der Waals surface area (Å²) in [4.78, 5) is 1.73. The van der Waals surface area contributed by atoms with Crippen molar-refractivity contribution in [2.24, 2.45) is 0 Å². The van der Waals surface area contributed by atoms with Gasteiger partial charge in [0.15, 0.2) is 0 Å². The van der Waals surface area contributed by atoms with E-state index in [-0.39, 0.29) is 0 Å². The molecule has 0 amide bonds. The summed E-state index contributed by atoms with van der Waals surface area (Å²) >= 11 is 0. The van der Waals surface area contributed by atoms with Crippen molar-refractivity contribution in [3.8, 4) is 0 Å². The highest BCUT2D eigenvalue weighted by Crippen LogP contribution is 2.25. The number of hydrogen-bond donors (Lipinski definition) is 0. The molecule has 1 aliphatic rings. The van der Waals surface area contributed by atoms with Gasteiger partial charge in [0, 0.05) is 18.9 Å². The van der Waals surface area contributed by atoms with Crippen molar-refractivity contribution in [2.45, 2.75) is 33.1 Å². The molecule has 0 bridgehead atoms. The van der Waals surface area contributed by atoms with Gasteiger partial charge >= 0.3 is 17.1 Å². The predicted molar refractivity (Wildman–Crippen MR) is 54.6 cm³/mol. The van der Waals surface area contributed by atoms with Crippen LogP contribution in [0.4, 0.5) is 17.1 Å². The molecule has 17 heavy (non-hydrogen) atoms. The third kappa shape index (κ3) is 4.80. The average molecular weight is 278 g/mol. The standard InChI is InChI=1S/C7H13FN2O2S.CHF3/c1-4-7-9(3)6(2)5-10(7)13(8,11)12;2-1(3)4/h5,7H,4H2,1-3H3;1H. The van der Waals surface area contributed by atoms with Crippen LogP contribution in [0.3, 0.4) is 0 Å². The zero-order valence-electron chi connectivity index (χ0n) is 9.57. The van der Waals surface area contributed by atoms with E-state index in [1.165, 1.54) is 6.20 Å². The maximum absolute atomic E-state index is 12.7. The van der Waals surface area contributed by atoms with Gasteiger partial charge in [0.2, 0.25) is 0 Å². The largest absolute Gasteiger partial charge is 0.400 e. The van der Waals surface area contributed by atoms with Crippen molar-refractivity contribution in [3.05, 3.63) is 11.9 Å². The van der Waals surface area contributed by atoms with E-state index in [0.29, 0.717) is 6.42 Å². The van der Waals surface area contributed by atoms with Crippen molar-refractivity contribution in [1.29, 1.82) is 0 Å². The molecular formula is C8H14F4N2O2S. The van der Waals surface area contributed by atoms with Crippen LogP contribution in [0.1, 0.15) is 20.3 Å². The summed E-state index contributed by atoms with van der Waals surface area (Å²) in [5.41, 5.74) is 0.744. The highest BCUT2D eigenvalue weighted by atomic mass is 32.3. The van der Waals surface area contributed by atoms with Crippen molar-refractivity contribution in [3.63, 3.8) is 0 Å². The van der Waals surface area contributed by atoms with Crippen molar-refractivity contribution < 1.29 is 25.5 Å². The smallest absolute Gasteiger partial charge is 0.356 e. The summed E-state index contributed by atoms with van der Waals surface area (Å²) in [6.45, 7) is -0.111. The second kappa shape index (κ2) is 6.08. The van der Waals surface area contributed by atoms with Gasteiger partial charge in [-0.05, 0) is 13.3 Å². The minimum Gasteiger partial charge on any atom is -0.356 e. The van der Waals surface area contributed by atoms with Gasteiger partial charge in [-0.25, -0.2) is 4.31 Å². The molecule has 0 aliphatic carbocycles. The molecule has 0 N–H and O–H groups in total. The van der Waals surface area contributed by atoms with Crippen LogP contribution in [0.5, 0.6) is 0 Å². The van der Waals surface area contributed by atoms with E-state index in [9.17, 15) is 25.5 Å². The van der Waals surface area contributed by atoms with Crippen LogP contribution in [-0.4, -0.2) is 37.5 Å². The second-order valence-electron chi connectivity index (χ2n) is 3.29. The molecule has 0 fully saturated rings. The Labute approximate surface area is 97.8 Å². The Morgan fingerprint density at radius 3 is 2.06 bits per heavy atom.